The molecule has 0 aromatic rings. The number of halogens is 1. The van der Waals surface area contributed by atoms with E-state index in [0.717, 1.165) is 32.4 Å². The molecule has 0 aromatic heterocycles. The second kappa shape index (κ2) is 4.41. The number of piperidine rings is 1. The Morgan fingerprint density at radius 2 is 1.92 bits per heavy atom. The third-order valence-electron chi connectivity index (χ3n) is 3.35. The lowest BCUT2D eigenvalue weighted by Gasteiger charge is -2.31. The summed E-state index contributed by atoms with van der Waals surface area (Å²) < 4.78 is 14.0. The van der Waals surface area contributed by atoms with Crippen molar-refractivity contribution < 1.29 is 4.39 Å². The van der Waals surface area contributed by atoms with Crippen LogP contribution in [-0.2, 0) is 0 Å². The fourth-order valence-corrected chi connectivity index (χ4v) is 1.89. The molecule has 1 heterocycles. The molecule has 1 atom stereocenters. The summed E-state index contributed by atoms with van der Waals surface area (Å²) in [6.45, 7) is 7.83. The molecule has 0 aliphatic carbocycles. The largest absolute Gasteiger partial charge is 0.317 e. The summed E-state index contributed by atoms with van der Waals surface area (Å²) in [4.78, 5) is 0. The van der Waals surface area contributed by atoms with E-state index in [1.807, 2.05) is 13.8 Å². The van der Waals surface area contributed by atoms with Crippen molar-refractivity contribution in [3.63, 3.8) is 0 Å². The van der Waals surface area contributed by atoms with Crippen molar-refractivity contribution >= 4 is 0 Å². The third kappa shape index (κ3) is 3.26. The molecule has 2 heteroatoms. The molecule has 1 saturated heterocycles. The monoisotopic (exact) mass is 187 g/mol. The predicted molar refractivity (Wildman–Crippen MR) is 54.6 cm³/mol. The molecule has 1 rings (SSSR count). The van der Waals surface area contributed by atoms with E-state index < -0.39 is 5.67 Å². The number of rotatable bonds is 3. The summed E-state index contributed by atoms with van der Waals surface area (Å²) in [5.41, 5.74) is -0.970. The van der Waals surface area contributed by atoms with E-state index in [1.165, 1.54) is 0 Å². The Balaban J connectivity index is 2.37. The van der Waals surface area contributed by atoms with E-state index in [0.29, 0.717) is 5.92 Å². The van der Waals surface area contributed by atoms with E-state index in [1.54, 1.807) is 6.92 Å². The van der Waals surface area contributed by atoms with Crippen molar-refractivity contribution in [3.05, 3.63) is 0 Å². The molecule has 1 fully saturated rings. The first-order valence-electron chi connectivity index (χ1n) is 5.42. The average Bonchev–Trinajstić information content (AvgIpc) is 2.05. The van der Waals surface area contributed by atoms with Gasteiger partial charge in [-0.05, 0) is 51.1 Å². The first-order valence-corrected chi connectivity index (χ1v) is 5.42. The molecule has 13 heavy (non-hydrogen) atoms. The standard InChI is InChI=1S/C11H22FN/c1-9(2)11(3,12)8-10-4-6-13-7-5-10/h9-10,13H,4-8H2,1-3H3. The molecule has 0 aromatic carbocycles. The molecular formula is C11H22FN. The molecule has 0 bridgehead atoms. The third-order valence-corrected chi connectivity index (χ3v) is 3.35. The van der Waals surface area contributed by atoms with Gasteiger partial charge in [-0.1, -0.05) is 13.8 Å². The van der Waals surface area contributed by atoms with Crippen molar-refractivity contribution in [1.29, 1.82) is 0 Å². The van der Waals surface area contributed by atoms with Gasteiger partial charge in [0.1, 0.15) is 5.67 Å². The number of hydrogen-bond acceptors (Lipinski definition) is 1. The molecule has 1 N–H and O–H groups in total. The van der Waals surface area contributed by atoms with Gasteiger partial charge in [0.25, 0.3) is 0 Å². The minimum atomic E-state index is -0.970. The number of nitrogens with one attached hydrogen (secondary N) is 1. The highest BCUT2D eigenvalue weighted by Gasteiger charge is 2.31. The van der Waals surface area contributed by atoms with Crippen LogP contribution in [0, 0.1) is 11.8 Å². The average molecular weight is 187 g/mol. The van der Waals surface area contributed by atoms with Crippen LogP contribution in [0.15, 0.2) is 0 Å². The highest BCUT2D eigenvalue weighted by Crippen LogP contribution is 2.32. The maximum atomic E-state index is 14.0. The van der Waals surface area contributed by atoms with Crippen LogP contribution < -0.4 is 5.32 Å². The van der Waals surface area contributed by atoms with Crippen LogP contribution in [0.25, 0.3) is 0 Å². The Morgan fingerprint density at radius 3 is 2.38 bits per heavy atom. The maximum Gasteiger partial charge on any atom is 0.110 e. The van der Waals surface area contributed by atoms with Gasteiger partial charge in [-0.2, -0.15) is 0 Å². The molecule has 1 nitrogen and oxygen atoms in total. The van der Waals surface area contributed by atoms with E-state index >= 15 is 0 Å². The predicted octanol–water partition coefficient (Wildman–Crippen LogP) is 2.76. The summed E-state index contributed by atoms with van der Waals surface area (Å²) in [7, 11) is 0. The van der Waals surface area contributed by atoms with E-state index in [9.17, 15) is 4.39 Å². The van der Waals surface area contributed by atoms with Crippen LogP contribution in [0.2, 0.25) is 0 Å². The van der Waals surface area contributed by atoms with Gasteiger partial charge in [0.2, 0.25) is 0 Å². The Hall–Kier alpha value is -0.110. The number of alkyl halides is 1. The molecule has 0 radical (unpaired) electrons. The Morgan fingerprint density at radius 1 is 1.38 bits per heavy atom. The fraction of sp³-hybridized carbons (Fsp3) is 1.00. The van der Waals surface area contributed by atoms with Crippen LogP contribution in [0.3, 0.4) is 0 Å². The van der Waals surface area contributed by atoms with Gasteiger partial charge in [0.15, 0.2) is 0 Å². The second-order valence-electron chi connectivity index (χ2n) is 4.83. The van der Waals surface area contributed by atoms with E-state index in [2.05, 4.69) is 5.32 Å². The van der Waals surface area contributed by atoms with Crippen LogP contribution in [-0.4, -0.2) is 18.8 Å². The van der Waals surface area contributed by atoms with Crippen LogP contribution in [0.5, 0.6) is 0 Å². The van der Waals surface area contributed by atoms with Gasteiger partial charge in [0.05, 0.1) is 0 Å². The van der Waals surface area contributed by atoms with Gasteiger partial charge in [-0.15, -0.1) is 0 Å². The van der Waals surface area contributed by atoms with Gasteiger partial charge in [-0.3, -0.25) is 0 Å². The zero-order valence-corrected chi connectivity index (χ0v) is 9.07. The normalized spacial score (nSPS) is 24.7. The van der Waals surface area contributed by atoms with Crippen molar-refractivity contribution in [3.8, 4) is 0 Å². The first kappa shape index (κ1) is 11.0. The summed E-state index contributed by atoms with van der Waals surface area (Å²) in [5.74, 6) is 0.737. The summed E-state index contributed by atoms with van der Waals surface area (Å²) >= 11 is 0. The summed E-state index contributed by atoms with van der Waals surface area (Å²) in [6.07, 6.45) is 3.03. The van der Waals surface area contributed by atoms with Crippen LogP contribution >= 0.6 is 0 Å². The van der Waals surface area contributed by atoms with Crippen LogP contribution in [0.1, 0.15) is 40.0 Å². The molecule has 1 aliphatic rings. The highest BCUT2D eigenvalue weighted by molar-refractivity contribution is 4.82. The highest BCUT2D eigenvalue weighted by atomic mass is 19.1. The smallest absolute Gasteiger partial charge is 0.110 e. The molecule has 0 saturated carbocycles. The Labute approximate surface area is 81.1 Å². The molecule has 0 amide bonds. The van der Waals surface area contributed by atoms with Gasteiger partial charge in [-0.25, -0.2) is 4.39 Å². The van der Waals surface area contributed by atoms with Crippen molar-refractivity contribution in [2.75, 3.05) is 13.1 Å². The lowest BCUT2D eigenvalue weighted by atomic mass is 9.81. The van der Waals surface area contributed by atoms with Gasteiger partial charge in [0, 0.05) is 0 Å². The Bertz CT molecular complexity index is 148. The summed E-state index contributed by atoms with van der Waals surface area (Å²) in [6, 6.07) is 0. The second-order valence-corrected chi connectivity index (χ2v) is 4.83. The summed E-state index contributed by atoms with van der Waals surface area (Å²) in [5, 5.41) is 3.31. The zero-order chi connectivity index (χ0) is 9.90. The van der Waals surface area contributed by atoms with Crippen LogP contribution in [0.4, 0.5) is 4.39 Å². The van der Waals surface area contributed by atoms with Crippen molar-refractivity contribution in [2.24, 2.45) is 11.8 Å². The zero-order valence-electron chi connectivity index (χ0n) is 9.07. The van der Waals surface area contributed by atoms with E-state index in [4.69, 9.17) is 0 Å². The SMILES string of the molecule is CC(C)C(C)(F)CC1CCNCC1. The minimum Gasteiger partial charge on any atom is -0.317 e. The molecule has 0 spiro atoms. The Kier molecular flexibility index (Phi) is 3.72. The minimum absolute atomic E-state index is 0.141. The topological polar surface area (TPSA) is 12.0 Å². The molecule has 1 unspecified atom stereocenters. The molecule has 1 aliphatic heterocycles. The first-order chi connectivity index (χ1) is 6.02. The fourth-order valence-electron chi connectivity index (χ4n) is 1.89. The van der Waals surface area contributed by atoms with E-state index in [-0.39, 0.29) is 5.92 Å². The lowest BCUT2D eigenvalue weighted by Crippen LogP contribution is -2.34. The van der Waals surface area contributed by atoms with Gasteiger partial charge >= 0.3 is 0 Å². The van der Waals surface area contributed by atoms with Crippen molar-refractivity contribution in [1.82, 2.24) is 5.32 Å². The molecular weight excluding hydrogens is 165 g/mol. The number of hydrogen-bond donors (Lipinski definition) is 1. The maximum absolute atomic E-state index is 14.0. The lowest BCUT2D eigenvalue weighted by molar-refractivity contribution is 0.0810. The quantitative estimate of drug-likeness (QED) is 0.716. The van der Waals surface area contributed by atoms with Gasteiger partial charge < -0.3 is 5.32 Å². The van der Waals surface area contributed by atoms with Crippen molar-refractivity contribution in [2.45, 2.75) is 45.7 Å². The molecule has 78 valence electrons.